The minimum Gasteiger partial charge on any atom is -0.342 e. The normalized spacial score (nSPS) is 14.9. The third-order valence-corrected chi connectivity index (χ3v) is 4.57. The lowest BCUT2D eigenvalue weighted by molar-refractivity contribution is -0.129. The first-order valence-corrected chi connectivity index (χ1v) is 7.89. The van der Waals surface area contributed by atoms with Crippen LogP contribution in [0.2, 0.25) is 0 Å². The molecule has 2 aromatic heterocycles. The monoisotopic (exact) mass is 310 g/mol. The van der Waals surface area contributed by atoms with Gasteiger partial charge in [-0.15, -0.1) is 0 Å². The van der Waals surface area contributed by atoms with E-state index in [2.05, 4.69) is 10.1 Å². The van der Waals surface area contributed by atoms with Crippen molar-refractivity contribution in [3.8, 4) is 0 Å². The van der Waals surface area contributed by atoms with Crippen LogP contribution in [-0.4, -0.2) is 38.7 Å². The standard InChI is InChI=1S/C17H18N4O2/c1-20-16-15(11-6-2-3-7-12(11)17(23)18-16)13(19-20)10-14(22)21-8-4-5-9-21/h2-3,6-7H,4-5,8-10H2,1H3,(H,18,23). The molecule has 1 aromatic carbocycles. The van der Waals surface area contributed by atoms with Crippen molar-refractivity contribution in [2.45, 2.75) is 19.3 Å². The number of pyridine rings is 1. The number of benzene rings is 1. The van der Waals surface area contributed by atoms with E-state index in [0.717, 1.165) is 42.4 Å². The Hall–Kier alpha value is -2.63. The quantitative estimate of drug-likeness (QED) is 0.781. The summed E-state index contributed by atoms with van der Waals surface area (Å²) in [5.41, 5.74) is 1.26. The van der Waals surface area contributed by atoms with Gasteiger partial charge in [-0.05, 0) is 18.9 Å². The highest BCUT2D eigenvalue weighted by Crippen LogP contribution is 2.25. The average Bonchev–Trinajstić information content (AvgIpc) is 3.17. The van der Waals surface area contributed by atoms with E-state index in [4.69, 9.17) is 0 Å². The number of aromatic amines is 1. The fourth-order valence-corrected chi connectivity index (χ4v) is 3.43. The number of nitrogens with one attached hydrogen (secondary N) is 1. The van der Waals surface area contributed by atoms with Gasteiger partial charge in [-0.3, -0.25) is 14.3 Å². The molecule has 0 aliphatic carbocycles. The van der Waals surface area contributed by atoms with Crippen LogP contribution in [0, 0.1) is 0 Å². The van der Waals surface area contributed by atoms with Gasteiger partial charge in [0.25, 0.3) is 5.56 Å². The van der Waals surface area contributed by atoms with Crippen molar-refractivity contribution in [2.75, 3.05) is 13.1 Å². The fourth-order valence-electron chi connectivity index (χ4n) is 3.43. The van der Waals surface area contributed by atoms with E-state index in [1.54, 1.807) is 17.8 Å². The number of aryl methyl sites for hydroxylation is 1. The van der Waals surface area contributed by atoms with Crippen molar-refractivity contribution in [3.05, 3.63) is 40.3 Å². The van der Waals surface area contributed by atoms with Crippen molar-refractivity contribution >= 4 is 27.7 Å². The van der Waals surface area contributed by atoms with Crippen LogP contribution in [-0.2, 0) is 18.3 Å². The number of likely N-dealkylation sites (tertiary alicyclic amines) is 1. The molecule has 3 heterocycles. The number of amides is 1. The smallest absolute Gasteiger partial charge is 0.257 e. The molecule has 1 fully saturated rings. The van der Waals surface area contributed by atoms with Gasteiger partial charge in [0.2, 0.25) is 5.91 Å². The molecule has 1 amide bonds. The largest absolute Gasteiger partial charge is 0.342 e. The molecule has 23 heavy (non-hydrogen) atoms. The maximum Gasteiger partial charge on any atom is 0.257 e. The number of hydrogen-bond acceptors (Lipinski definition) is 3. The lowest BCUT2D eigenvalue weighted by Crippen LogP contribution is -2.29. The Morgan fingerprint density at radius 2 is 1.91 bits per heavy atom. The van der Waals surface area contributed by atoms with Crippen LogP contribution >= 0.6 is 0 Å². The number of hydrogen-bond donors (Lipinski definition) is 1. The molecule has 0 saturated carbocycles. The number of nitrogens with zero attached hydrogens (tertiary/aromatic N) is 3. The molecule has 4 rings (SSSR count). The molecule has 1 aliphatic heterocycles. The van der Waals surface area contributed by atoms with Crippen LogP contribution < -0.4 is 5.56 Å². The van der Waals surface area contributed by atoms with Crippen molar-refractivity contribution in [2.24, 2.45) is 7.05 Å². The third-order valence-electron chi connectivity index (χ3n) is 4.57. The SMILES string of the molecule is Cn1nc(CC(=O)N2CCCC2)c2c3ccccc3c(=O)[nH]c21. The number of carbonyl (C=O) groups is 1. The van der Waals surface area contributed by atoms with Crippen LogP contribution in [0.15, 0.2) is 29.1 Å². The third kappa shape index (κ3) is 2.21. The van der Waals surface area contributed by atoms with Crippen molar-refractivity contribution < 1.29 is 4.79 Å². The molecule has 118 valence electrons. The molecular formula is C17H18N4O2. The van der Waals surface area contributed by atoms with Gasteiger partial charge in [0.1, 0.15) is 5.65 Å². The van der Waals surface area contributed by atoms with E-state index >= 15 is 0 Å². The Morgan fingerprint density at radius 3 is 2.65 bits per heavy atom. The molecule has 3 aromatic rings. The zero-order chi connectivity index (χ0) is 16.0. The molecule has 0 radical (unpaired) electrons. The molecule has 6 nitrogen and oxygen atoms in total. The van der Waals surface area contributed by atoms with E-state index in [1.807, 2.05) is 23.1 Å². The van der Waals surface area contributed by atoms with Gasteiger partial charge in [-0.1, -0.05) is 18.2 Å². The lowest BCUT2D eigenvalue weighted by Gasteiger charge is -2.14. The Bertz CT molecular complexity index is 964. The molecule has 1 N–H and O–H groups in total. The minimum absolute atomic E-state index is 0.109. The van der Waals surface area contributed by atoms with Crippen LogP contribution in [0.1, 0.15) is 18.5 Å². The molecule has 0 atom stereocenters. The number of H-pyrrole nitrogens is 1. The van der Waals surface area contributed by atoms with Gasteiger partial charge in [-0.25, -0.2) is 0 Å². The number of carbonyl (C=O) groups excluding carboxylic acids is 1. The average molecular weight is 310 g/mol. The summed E-state index contributed by atoms with van der Waals surface area (Å²) in [6.45, 7) is 1.67. The van der Waals surface area contributed by atoms with E-state index in [-0.39, 0.29) is 17.9 Å². The molecule has 6 heteroatoms. The zero-order valence-corrected chi connectivity index (χ0v) is 13.0. The molecule has 1 saturated heterocycles. The Balaban J connectivity index is 1.88. The second-order valence-electron chi connectivity index (χ2n) is 6.06. The molecule has 0 spiro atoms. The number of rotatable bonds is 2. The van der Waals surface area contributed by atoms with E-state index in [0.29, 0.717) is 11.0 Å². The van der Waals surface area contributed by atoms with Crippen LogP contribution in [0.5, 0.6) is 0 Å². The first-order valence-electron chi connectivity index (χ1n) is 7.89. The summed E-state index contributed by atoms with van der Waals surface area (Å²) in [6, 6.07) is 7.46. The highest BCUT2D eigenvalue weighted by Gasteiger charge is 2.22. The van der Waals surface area contributed by atoms with Gasteiger partial charge in [0.05, 0.1) is 12.1 Å². The summed E-state index contributed by atoms with van der Waals surface area (Å²) in [6.07, 6.45) is 2.42. The van der Waals surface area contributed by atoms with Crippen molar-refractivity contribution in [1.29, 1.82) is 0 Å². The Kier molecular flexibility index (Phi) is 3.18. The first kappa shape index (κ1) is 14.0. The van der Waals surface area contributed by atoms with E-state index in [1.165, 1.54) is 0 Å². The second-order valence-corrected chi connectivity index (χ2v) is 6.06. The molecule has 0 unspecified atom stereocenters. The van der Waals surface area contributed by atoms with E-state index < -0.39 is 0 Å². The summed E-state index contributed by atoms with van der Waals surface area (Å²) in [4.78, 5) is 29.5. The maximum absolute atomic E-state index is 12.5. The van der Waals surface area contributed by atoms with E-state index in [9.17, 15) is 9.59 Å². The van der Waals surface area contributed by atoms with Gasteiger partial charge >= 0.3 is 0 Å². The highest BCUT2D eigenvalue weighted by atomic mass is 16.2. The fraction of sp³-hybridized carbons (Fsp3) is 0.353. The van der Waals surface area contributed by atoms with Crippen LogP contribution in [0.4, 0.5) is 0 Å². The summed E-state index contributed by atoms with van der Waals surface area (Å²) in [5, 5.41) is 6.84. The predicted octanol–water partition coefficient (Wildman–Crippen LogP) is 1.58. The number of fused-ring (bicyclic) bond motifs is 3. The van der Waals surface area contributed by atoms with Gasteiger partial charge in [0, 0.05) is 36.3 Å². The summed E-state index contributed by atoms with van der Waals surface area (Å²) >= 11 is 0. The number of aromatic nitrogens is 3. The minimum atomic E-state index is -0.131. The molecular weight excluding hydrogens is 292 g/mol. The van der Waals surface area contributed by atoms with Gasteiger partial charge < -0.3 is 9.88 Å². The maximum atomic E-state index is 12.5. The van der Waals surface area contributed by atoms with Crippen molar-refractivity contribution in [3.63, 3.8) is 0 Å². The molecule has 1 aliphatic rings. The second kappa shape index (κ2) is 5.22. The molecule has 0 bridgehead atoms. The first-order chi connectivity index (χ1) is 11.1. The lowest BCUT2D eigenvalue weighted by atomic mass is 10.1. The topological polar surface area (TPSA) is 71.0 Å². The van der Waals surface area contributed by atoms with Gasteiger partial charge in [-0.2, -0.15) is 5.10 Å². The Labute approximate surface area is 132 Å². The summed E-state index contributed by atoms with van der Waals surface area (Å²) in [5.74, 6) is 0.109. The van der Waals surface area contributed by atoms with Crippen LogP contribution in [0.3, 0.4) is 0 Å². The predicted molar refractivity (Wildman–Crippen MR) is 88.4 cm³/mol. The summed E-state index contributed by atoms with van der Waals surface area (Å²) < 4.78 is 1.65. The van der Waals surface area contributed by atoms with Gasteiger partial charge in [0.15, 0.2) is 0 Å². The van der Waals surface area contributed by atoms with Crippen LogP contribution in [0.25, 0.3) is 21.8 Å². The Morgan fingerprint density at radius 1 is 1.22 bits per heavy atom. The highest BCUT2D eigenvalue weighted by molar-refractivity contribution is 6.06. The summed E-state index contributed by atoms with van der Waals surface area (Å²) in [7, 11) is 1.79. The van der Waals surface area contributed by atoms with Crippen molar-refractivity contribution in [1.82, 2.24) is 19.7 Å². The zero-order valence-electron chi connectivity index (χ0n) is 13.0.